The van der Waals surface area contributed by atoms with Crippen molar-refractivity contribution >= 4 is 27.2 Å². The van der Waals surface area contributed by atoms with Crippen LogP contribution in [0.5, 0.6) is 0 Å². The van der Waals surface area contributed by atoms with Gasteiger partial charge in [-0.3, -0.25) is 4.79 Å². The average molecular weight is 399 g/mol. The zero-order valence-electron chi connectivity index (χ0n) is 16.7. The Labute approximate surface area is 166 Å². The highest BCUT2D eigenvalue weighted by Gasteiger charge is 2.24. The minimum absolute atomic E-state index is 0.291. The normalized spacial score (nSPS) is 13.0. The van der Waals surface area contributed by atoms with Gasteiger partial charge >= 0.3 is 0 Å². The molecule has 148 valence electrons. The van der Waals surface area contributed by atoms with Crippen LogP contribution < -0.4 is 4.72 Å². The largest absolute Gasteiger partial charge is 0.345 e. The van der Waals surface area contributed by atoms with E-state index in [0.29, 0.717) is 23.4 Å². The number of sulfonamides is 1. The number of para-hydroxylation sites is 1. The number of aryl methyl sites for hydroxylation is 3. The molecular weight excluding hydrogens is 372 g/mol. The number of fused-ring (bicyclic) bond motifs is 1. The highest BCUT2D eigenvalue weighted by Crippen LogP contribution is 2.24. The lowest BCUT2D eigenvalue weighted by molar-refractivity contribution is 0.112. The van der Waals surface area contributed by atoms with E-state index in [1.54, 1.807) is 6.20 Å². The Morgan fingerprint density at radius 1 is 1.11 bits per heavy atom. The van der Waals surface area contributed by atoms with E-state index in [9.17, 15) is 13.2 Å². The maximum atomic E-state index is 13.1. The standard InChI is InChI=1S/C22H26N2O3S/c1-5-19(13-24-12-18(14-25)20-8-6-7-9-21(20)24)23-28(26,27)22-16(3)10-15(2)11-17(22)4/h6-12,14,19,23H,5,13H2,1-4H3/t19-/m0/s1. The fraction of sp³-hybridized carbons (Fsp3) is 0.318. The number of nitrogens with zero attached hydrogens (tertiary/aromatic N) is 1. The maximum absolute atomic E-state index is 13.1. The van der Waals surface area contributed by atoms with Crippen molar-refractivity contribution in [3.05, 3.63) is 64.8 Å². The van der Waals surface area contributed by atoms with E-state index in [4.69, 9.17) is 0 Å². The topological polar surface area (TPSA) is 68.2 Å². The van der Waals surface area contributed by atoms with Crippen LogP contribution in [0.3, 0.4) is 0 Å². The van der Waals surface area contributed by atoms with Gasteiger partial charge in [-0.05, 0) is 44.4 Å². The van der Waals surface area contributed by atoms with Crippen LogP contribution in [0.15, 0.2) is 47.5 Å². The molecule has 0 saturated carbocycles. The fourth-order valence-corrected chi connectivity index (χ4v) is 5.64. The summed E-state index contributed by atoms with van der Waals surface area (Å²) in [5, 5.41) is 0.875. The second kappa shape index (κ2) is 7.89. The third-order valence-corrected chi connectivity index (χ3v) is 6.88. The van der Waals surface area contributed by atoms with Crippen molar-refractivity contribution < 1.29 is 13.2 Å². The average Bonchev–Trinajstić information content (AvgIpc) is 2.97. The lowest BCUT2D eigenvalue weighted by Crippen LogP contribution is -2.38. The van der Waals surface area contributed by atoms with Gasteiger partial charge in [0.1, 0.15) is 0 Å². The number of benzene rings is 2. The summed E-state index contributed by atoms with van der Waals surface area (Å²) in [5.41, 5.74) is 4.06. The molecular formula is C22H26N2O3S. The van der Waals surface area contributed by atoms with Gasteiger partial charge in [-0.25, -0.2) is 13.1 Å². The summed E-state index contributed by atoms with van der Waals surface area (Å²) in [5.74, 6) is 0. The first-order valence-electron chi connectivity index (χ1n) is 9.40. The van der Waals surface area contributed by atoms with Gasteiger partial charge in [-0.15, -0.1) is 0 Å². The van der Waals surface area contributed by atoms with Crippen molar-refractivity contribution in [3.63, 3.8) is 0 Å². The van der Waals surface area contributed by atoms with Crippen LogP contribution in [0.4, 0.5) is 0 Å². The van der Waals surface area contributed by atoms with Crippen molar-refractivity contribution in [2.45, 2.75) is 51.6 Å². The Hall–Kier alpha value is -2.44. The van der Waals surface area contributed by atoms with Crippen LogP contribution in [0.2, 0.25) is 0 Å². The highest BCUT2D eigenvalue weighted by molar-refractivity contribution is 7.89. The number of aldehydes is 1. The molecule has 1 heterocycles. The molecule has 3 rings (SSSR count). The predicted octanol–water partition coefficient (Wildman–Crippen LogP) is 4.14. The first-order valence-corrected chi connectivity index (χ1v) is 10.9. The second-order valence-electron chi connectivity index (χ2n) is 7.33. The lowest BCUT2D eigenvalue weighted by Gasteiger charge is -2.20. The third-order valence-electron chi connectivity index (χ3n) is 5.05. The van der Waals surface area contributed by atoms with Crippen LogP contribution in [0.1, 0.15) is 40.4 Å². The first kappa shape index (κ1) is 20.3. The van der Waals surface area contributed by atoms with E-state index in [2.05, 4.69) is 4.72 Å². The monoisotopic (exact) mass is 398 g/mol. The SMILES string of the molecule is CC[C@@H](Cn1cc(C=O)c2ccccc21)NS(=O)(=O)c1c(C)cc(C)cc1C. The molecule has 0 aliphatic heterocycles. The Balaban J connectivity index is 1.93. The van der Waals surface area contributed by atoms with Gasteiger partial charge in [-0.1, -0.05) is 42.8 Å². The summed E-state index contributed by atoms with van der Waals surface area (Å²) < 4.78 is 31.0. The molecule has 0 amide bonds. The zero-order valence-corrected chi connectivity index (χ0v) is 17.5. The van der Waals surface area contributed by atoms with Gasteiger partial charge in [0.15, 0.2) is 6.29 Å². The number of carbonyl (C=O) groups is 1. The number of aromatic nitrogens is 1. The molecule has 0 unspecified atom stereocenters. The van der Waals surface area contributed by atoms with E-state index in [1.165, 1.54) is 0 Å². The minimum atomic E-state index is -3.65. The molecule has 0 radical (unpaired) electrons. The van der Waals surface area contributed by atoms with Gasteiger partial charge in [-0.2, -0.15) is 0 Å². The summed E-state index contributed by atoms with van der Waals surface area (Å²) >= 11 is 0. The maximum Gasteiger partial charge on any atom is 0.241 e. The van der Waals surface area contributed by atoms with Gasteiger partial charge in [0, 0.05) is 35.2 Å². The molecule has 0 spiro atoms. The van der Waals surface area contributed by atoms with Crippen LogP contribution in [-0.2, 0) is 16.6 Å². The smallest absolute Gasteiger partial charge is 0.241 e. The molecule has 1 atom stereocenters. The minimum Gasteiger partial charge on any atom is -0.345 e. The van der Waals surface area contributed by atoms with Crippen LogP contribution in [0, 0.1) is 20.8 Å². The van der Waals surface area contributed by atoms with E-state index >= 15 is 0 Å². The Kier molecular flexibility index (Phi) is 5.72. The molecule has 0 bridgehead atoms. The molecule has 0 aliphatic rings. The predicted molar refractivity (Wildman–Crippen MR) is 112 cm³/mol. The first-order chi connectivity index (χ1) is 13.3. The Morgan fingerprint density at radius 2 is 1.75 bits per heavy atom. The van der Waals surface area contributed by atoms with E-state index in [1.807, 2.05) is 68.7 Å². The summed E-state index contributed by atoms with van der Waals surface area (Å²) in [6, 6.07) is 11.1. The van der Waals surface area contributed by atoms with Crippen LogP contribution in [-0.4, -0.2) is 25.3 Å². The summed E-state index contributed by atoms with van der Waals surface area (Å²) in [7, 11) is -3.65. The fourth-order valence-electron chi connectivity index (χ4n) is 3.88. The van der Waals surface area contributed by atoms with Crippen LogP contribution >= 0.6 is 0 Å². The van der Waals surface area contributed by atoms with Crippen molar-refractivity contribution in [2.24, 2.45) is 0 Å². The summed E-state index contributed by atoms with van der Waals surface area (Å²) in [6.45, 7) is 8.01. The van der Waals surface area contributed by atoms with Crippen LogP contribution in [0.25, 0.3) is 10.9 Å². The lowest BCUT2D eigenvalue weighted by atomic mass is 10.1. The number of carbonyl (C=O) groups excluding carboxylic acids is 1. The molecule has 3 aromatic rings. The van der Waals surface area contributed by atoms with Crippen molar-refractivity contribution in [2.75, 3.05) is 0 Å². The van der Waals surface area contributed by atoms with Gasteiger partial charge < -0.3 is 4.57 Å². The van der Waals surface area contributed by atoms with E-state index in [-0.39, 0.29) is 6.04 Å². The van der Waals surface area contributed by atoms with Gasteiger partial charge in [0.2, 0.25) is 10.0 Å². The molecule has 28 heavy (non-hydrogen) atoms. The molecule has 5 nitrogen and oxygen atoms in total. The molecule has 1 N–H and O–H groups in total. The van der Waals surface area contributed by atoms with Crippen molar-refractivity contribution in [3.8, 4) is 0 Å². The quantitative estimate of drug-likeness (QED) is 0.608. The molecule has 1 aromatic heterocycles. The highest BCUT2D eigenvalue weighted by atomic mass is 32.2. The van der Waals surface area contributed by atoms with Gasteiger partial charge in [0.05, 0.1) is 4.90 Å². The Bertz CT molecular complexity index is 1110. The van der Waals surface area contributed by atoms with E-state index in [0.717, 1.165) is 33.9 Å². The van der Waals surface area contributed by atoms with Gasteiger partial charge in [0.25, 0.3) is 0 Å². The van der Waals surface area contributed by atoms with Crippen molar-refractivity contribution in [1.82, 2.24) is 9.29 Å². The molecule has 2 aromatic carbocycles. The number of hydrogen-bond donors (Lipinski definition) is 1. The Morgan fingerprint density at radius 3 is 2.36 bits per heavy atom. The number of rotatable bonds is 7. The molecule has 0 saturated heterocycles. The molecule has 0 fully saturated rings. The third kappa shape index (κ3) is 3.88. The second-order valence-corrected chi connectivity index (χ2v) is 8.98. The van der Waals surface area contributed by atoms with Crippen molar-refractivity contribution in [1.29, 1.82) is 0 Å². The number of hydrogen-bond acceptors (Lipinski definition) is 3. The summed E-state index contributed by atoms with van der Waals surface area (Å²) in [4.78, 5) is 11.7. The van der Waals surface area contributed by atoms with E-state index < -0.39 is 10.0 Å². The zero-order chi connectivity index (χ0) is 20.5. The molecule has 6 heteroatoms. The summed E-state index contributed by atoms with van der Waals surface area (Å²) in [6.07, 6.45) is 3.26. The number of nitrogens with one attached hydrogen (secondary N) is 1. The molecule has 0 aliphatic carbocycles.